The van der Waals surface area contributed by atoms with Gasteiger partial charge in [0.05, 0.1) is 18.2 Å². The summed E-state index contributed by atoms with van der Waals surface area (Å²) >= 11 is 0. The van der Waals surface area contributed by atoms with Gasteiger partial charge in [0.2, 0.25) is 0 Å². The van der Waals surface area contributed by atoms with E-state index in [1.54, 1.807) is 10.9 Å². The summed E-state index contributed by atoms with van der Waals surface area (Å²) in [5.41, 5.74) is 6.39. The van der Waals surface area contributed by atoms with Crippen LogP contribution in [0.3, 0.4) is 0 Å². The van der Waals surface area contributed by atoms with E-state index in [0.717, 1.165) is 42.0 Å². The standard InChI is InChI=1S/C22H24N6/c1-3-6-17-7-4-5-8-18(17)10-12-28-15-22(24-16-28)20-13-19(9-11-23-20)21-14-27(2)26-25-21/h4-5,7-9,11,13-16H,3,6,10,12H2,1-2H3. The van der Waals surface area contributed by atoms with Crippen molar-refractivity contribution >= 4 is 0 Å². The van der Waals surface area contributed by atoms with Crippen LogP contribution in [0.15, 0.2) is 61.3 Å². The number of benzene rings is 1. The van der Waals surface area contributed by atoms with Crippen molar-refractivity contribution in [3.8, 4) is 22.6 Å². The minimum atomic E-state index is 0.832. The van der Waals surface area contributed by atoms with Gasteiger partial charge in [0.25, 0.3) is 0 Å². The smallest absolute Gasteiger partial charge is 0.113 e. The number of aryl methyl sites for hydroxylation is 4. The topological polar surface area (TPSA) is 61.4 Å². The first-order valence-electron chi connectivity index (χ1n) is 9.64. The van der Waals surface area contributed by atoms with Crippen LogP contribution in [-0.4, -0.2) is 29.5 Å². The van der Waals surface area contributed by atoms with Gasteiger partial charge < -0.3 is 4.57 Å². The molecule has 28 heavy (non-hydrogen) atoms. The molecule has 4 rings (SSSR count). The molecule has 142 valence electrons. The van der Waals surface area contributed by atoms with E-state index >= 15 is 0 Å². The lowest BCUT2D eigenvalue weighted by Gasteiger charge is -2.08. The molecule has 0 aliphatic rings. The van der Waals surface area contributed by atoms with E-state index in [4.69, 9.17) is 0 Å². The van der Waals surface area contributed by atoms with Gasteiger partial charge in [-0.25, -0.2) is 4.98 Å². The maximum Gasteiger partial charge on any atom is 0.113 e. The quantitative estimate of drug-likeness (QED) is 0.493. The lowest BCUT2D eigenvalue weighted by atomic mass is 10.0. The first kappa shape index (κ1) is 18.1. The highest BCUT2D eigenvalue weighted by Gasteiger charge is 2.09. The number of imidazole rings is 1. The summed E-state index contributed by atoms with van der Waals surface area (Å²) in [6.45, 7) is 3.12. The Bertz CT molecular complexity index is 1060. The van der Waals surface area contributed by atoms with Crippen LogP contribution in [0.5, 0.6) is 0 Å². The highest BCUT2D eigenvalue weighted by Crippen LogP contribution is 2.22. The fraction of sp³-hybridized carbons (Fsp3) is 0.273. The first-order chi connectivity index (χ1) is 13.7. The Morgan fingerprint density at radius 2 is 1.71 bits per heavy atom. The molecule has 0 aliphatic heterocycles. The maximum absolute atomic E-state index is 4.56. The van der Waals surface area contributed by atoms with Crippen LogP contribution in [0.2, 0.25) is 0 Å². The minimum absolute atomic E-state index is 0.832. The van der Waals surface area contributed by atoms with Crippen molar-refractivity contribution < 1.29 is 0 Å². The molecule has 0 saturated carbocycles. The maximum atomic E-state index is 4.56. The molecule has 6 nitrogen and oxygen atoms in total. The van der Waals surface area contributed by atoms with Crippen LogP contribution >= 0.6 is 0 Å². The second-order valence-electron chi connectivity index (χ2n) is 6.97. The average molecular weight is 372 g/mol. The van der Waals surface area contributed by atoms with Gasteiger partial charge in [0.1, 0.15) is 11.4 Å². The number of rotatable bonds is 7. The van der Waals surface area contributed by atoms with Crippen LogP contribution in [0.25, 0.3) is 22.6 Å². The number of pyridine rings is 1. The molecule has 6 heteroatoms. The fourth-order valence-electron chi connectivity index (χ4n) is 3.39. The van der Waals surface area contributed by atoms with Crippen LogP contribution in [0, 0.1) is 0 Å². The molecule has 0 amide bonds. The highest BCUT2D eigenvalue weighted by molar-refractivity contribution is 5.65. The lowest BCUT2D eigenvalue weighted by Crippen LogP contribution is -2.01. The third kappa shape index (κ3) is 4.01. The summed E-state index contributed by atoms with van der Waals surface area (Å²) in [6.07, 6.45) is 10.9. The Kier molecular flexibility index (Phi) is 5.28. The van der Waals surface area contributed by atoms with Crippen molar-refractivity contribution in [3.05, 3.63) is 72.4 Å². The molecule has 0 unspecified atom stereocenters. The van der Waals surface area contributed by atoms with E-state index in [1.165, 1.54) is 17.5 Å². The number of hydrogen-bond acceptors (Lipinski definition) is 4. The van der Waals surface area contributed by atoms with Crippen molar-refractivity contribution in [2.45, 2.75) is 32.7 Å². The highest BCUT2D eigenvalue weighted by atomic mass is 15.4. The molecule has 0 bridgehead atoms. The zero-order valence-electron chi connectivity index (χ0n) is 16.3. The molecular weight excluding hydrogens is 348 g/mol. The molecule has 0 aliphatic carbocycles. The van der Waals surface area contributed by atoms with E-state index in [9.17, 15) is 0 Å². The molecule has 3 aromatic heterocycles. The third-order valence-corrected chi connectivity index (χ3v) is 4.83. The fourth-order valence-corrected chi connectivity index (χ4v) is 3.39. The third-order valence-electron chi connectivity index (χ3n) is 4.83. The predicted octanol–water partition coefficient (Wildman–Crippen LogP) is 3.94. The summed E-state index contributed by atoms with van der Waals surface area (Å²) < 4.78 is 3.83. The Hall–Kier alpha value is -3.28. The van der Waals surface area contributed by atoms with E-state index in [2.05, 4.69) is 62.2 Å². The van der Waals surface area contributed by atoms with Gasteiger partial charge in [-0.3, -0.25) is 9.67 Å². The molecule has 0 saturated heterocycles. The zero-order valence-corrected chi connectivity index (χ0v) is 16.3. The average Bonchev–Trinajstić information content (AvgIpc) is 3.37. The lowest BCUT2D eigenvalue weighted by molar-refractivity contribution is 0.690. The molecule has 4 aromatic rings. The summed E-state index contributed by atoms with van der Waals surface area (Å²) in [7, 11) is 1.86. The number of aromatic nitrogens is 6. The van der Waals surface area contributed by atoms with Crippen molar-refractivity contribution in [3.63, 3.8) is 0 Å². The normalized spacial score (nSPS) is 11.1. The first-order valence-corrected chi connectivity index (χ1v) is 9.64. The monoisotopic (exact) mass is 372 g/mol. The molecule has 0 fully saturated rings. The van der Waals surface area contributed by atoms with Gasteiger partial charge in [0.15, 0.2) is 0 Å². The van der Waals surface area contributed by atoms with Crippen molar-refractivity contribution in [2.24, 2.45) is 7.05 Å². The molecule has 1 aromatic carbocycles. The second-order valence-corrected chi connectivity index (χ2v) is 6.97. The van der Waals surface area contributed by atoms with Crippen molar-refractivity contribution in [1.82, 2.24) is 29.5 Å². The number of hydrogen-bond donors (Lipinski definition) is 0. The van der Waals surface area contributed by atoms with Gasteiger partial charge in [-0.15, -0.1) is 5.10 Å². The molecular formula is C22H24N6. The van der Waals surface area contributed by atoms with E-state index in [-0.39, 0.29) is 0 Å². The molecule has 0 radical (unpaired) electrons. The van der Waals surface area contributed by atoms with E-state index < -0.39 is 0 Å². The van der Waals surface area contributed by atoms with E-state index in [0.29, 0.717) is 0 Å². The Morgan fingerprint density at radius 3 is 2.46 bits per heavy atom. The molecule has 0 N–H and O–H groups in total. The van der Waals surface area contributed by atoms with E-state index in [1.807, 2.05) is 31.7 Å². The minimum Gasteiger partial charge on any atom is -0.336 e. The summed E-state index contributed by atoms with van der Waals surface area (Å²) in [5.74, 6) is 0. The largest absolute Gasteiger partial charge is 0.336 e. The van der Waals surface area contributed by atoms with Gasteiger partial charge in [-0.1, -0.05) is 42.8 Å². The summed E-state index contributed by atoms with van der Waals surface area (Å²) in [5, 5.41) is 8.17. The zero-order chi connectivity index (χ0) is 19.3. The van der Waals surface area contributed by atoms with Crippen molar-refractivity contribution in [2.75, 3.05) is 0 Å². The molecule has 0 spiro atoms. The van der Waals surface area contributed by atoms with Crippen LogP contribution in [-0.2, 0) is 26.4 Å². The Labute approximate surface area is 164 Å². The summed E-state index contributed by atoms with van der Waals surface area (Å²) in [4.78, 5) is 9.04. The Morgan fingerprint density at radius 1 is 0.893 bits per heavy atom. The van der Waals surface area contributed by atoms with Crippen LogP contribution < -0.4 is 0 Å². The SMILES string of the molecule is CCCc1ccccc1CCn1cnc(-c2cc(-c3cn(C)nn3)ccn2)c1. The number of nitrogens with zero attached hydrogens (tertiary/aromatic N) is 6. The van der Waals surface area contributed by atoms with Gasteiger partial charge >= 0.3 is 0 Å². The van der Waals surface area contributed by atoms with Gasteiger partial charge in [-0.2, -0.15) is 0 Å². The van der Waals surface area contributed by atoms with Gasteiger partial charge in [-0.05, 0) is 36.1 Å². The Balaban J connectivity index is 1.49. The molecule has 0 atom stereocenters. The predicted molar refractivity (Wildman–Crippen MR) is 110 cm³/mol. The van der Waals surface area contributed by atoms with Crippen molar-refractivity contribution in [1.29, 1.82) is 0 Å². The van der Waals surface area contributed by atoms with Gasteiger partial charge in [0, 0.05) is 31.5 Å². The molecule has 3 heterocycles. The summed E-state index contributed by atoms with van der Waals surface area (Å²) in [6, 6.07) is 12.7. The van der Waals surface area contributed by atoms with Crippen LogP contribution in [0.4, 0.5) is 0 Å². The second kappa shape index (κ2) is 8.17. The van der Waals surface area contributed by atoms with Crippen LogP contribution in [0.1, 0.15) is 24.5 Å².